The van der Waals surface area contributed by atoms with Gasteiger partial charge in [0.15, 0.2) is 5.37 Å². The Morgan fingerprint density at radius 1 is 1.64 bits per heavy atom. The average Bonchev–Trinajstić information content (AvgIpc) is 2.26. The molecule has 60 valence electrons. The third-order valence-electron chi connectivity index (χ3n) is 1.12. The fourth-order valence-electron chi connectivity index (χ4n) is 0.680. The predicted molar refractivity (Wildman–Crippen MR) is 43.1 cm³/mol. The van der Waals surface area contributed by atoms with E-state index in [1.807, 2.05) is 0 Å². The summed E-state index contributed by atoms with van der Waals surface area (Å²) in [6.45, 7) is 3.50. The van der Waals surface area contributed by atoms with Gasteiger partial charge in [-0.25, -0.2) is 4.79 Å². The molecule has 1 unspecified atom stereocenters. The van der Waals surface area contributed by atoms with Crippen LogP contribution >= 0.6 is 11.8 Å². The van der Waals surface area contributed by atoms with Gasteiger partial charge in [0.25, 0.3) is 5.91 Å². The predicted octanol–water partition coefficient (Wildman–Crippen LogP) is 0.0711. The van der Waals surface area contributed by atoms with E-state index in [0.29, 0.717) is 5.75 Å². The Morgan fingerprint density at radius 2 is 2.36 bits per heavy atom. The first kappa shape index (κ1) is 8.13. The minimum Gasteiger partial charge on any atom is -0.317 e. The molecule has 0 aromatic carbocycles. The number of thioether (sulfide) groups is 1. The molecule has 1 fully saturated rings. The maximum Gasteiger partial charge on any atom is 0.322 e. The molecule has 1 atom stereocenters. The molecule has 1 heterocycles. The van der Waals surface area contributed by atoms with Gasteiger partial charge in [-0.2, -0.15) is 0 Å². The van der Waals surface area contributed by atoms with Gasteiger partial charge in [-0.3, -0.25) is 10.1 Å². The van der Waals surface area contributed by atoms with Crippen LogP contribution in [0.2, 0.25) is 0 Å². The average molecular weight is 172 g/mol. The van der Waals surface area contributed by atoms with E-state index in [9.17, 15) is 9.59 Å². The van der Waals surface area contributed by atoms with Crippen LogP contribution in [0, 0.1) is 0 Å². The van der Waals surface area contributed by atoms with Gasteiger partial charge in [0.1, 0.15) is 0 Å². The van der Waals surface area contributed by atoms with E-state index in [-0.39, 0.29) is 5.91 Å². The molecule has 0 aliphatic carbocycles. The molecular formula is C6H8N2O2S. The molecule has 1 rings (SSSR count). The largest absolute Gasteiger partial charge is 0.322 e. The monoisotopic (exact) mass is 172 g/mol. The normalized spacial score (nSPS) is 22.7. The zero-order chi connectivity index (χ0) is 8.27. The van der Waals surface area contributed by atoms with Crippen molar-refractivity contribution >= 4 is 23.7 Å². The number of urea groups is 1. The van der Waals surface area contributed by atoms with E-state index in [0.717, 1.165) is 0 Å². The Bertz CT molecular complexity index is 205. The van der Waals surface area contributed by atoms with Crippen LogP contribution in [0.5, 0.6) is 0 Å². The molecule has 0 radical (unpaired) electrons. The molecule has 0 aromatic rings. The fraction of sp³-hybridized carbons (Fsp3) is 0.333. The minimum atomic E-state index is -0.444. The Labute approximate surface area is 68.4 Å². The lowest BCUT2D eigenvalue weighted by Crippen LogP contribution is -2.25. The first-order chi connectivity index (χ1) is 5.24. The first-order valence-electron chi connectivity index (χ1n) is 3.08. The molecule has 5 heteroatoms. The highest BCUT2D eigenvalue weighted by molar-refractivity contribution is 8.00. The fourth-order valence-corrected chi connectivity index (χ4v) is 1.41. The minimum absolute atomic E-state index is 0.276. The number of carbonyl (C=O) groups excluding carboxylic acids is 2. The van der Waals surface area contributed by atoms with Gasteiger partial charge in [0.2, 0.25) is 0 Å². The van der Waals surface area contributed by atoms with Crippen LogP contribution in [0.15, 0.2) is 12.7 Å². The van der Waals surface area contributed by atoms with Gasteiger partial charge in [0, 0.05) is 5.75 Å². The first-order valence-corrected chi connectivity index (χ1v) is 4.13. The maximum atomic E-state index is 10.8. The summed E-state index contributed by atoms with van der Waals surface area (Å²) in [6.07, 6.45) is 1.68. The highest BCUT2D eigenvalue weighted by Crippen LogP contribution is 2.10. The summed E-state index contributed by atoms with van der Waals surface area (Å²) in [5, 5.41) is 4.14. The van der Waals surface area contributed by atoms with Gasteiger partial charge in [-0.05, 0) is 0 Å². The van der Waals surface area contributed by atoms with Crippen molar-refractivity contribution in [2.45, 2.75) is 5.37 Å². The summed E-state index contributed by atoms with van der Waals surface area (Å²) in [4.78, 5) is 21.4. The Balaban J connectivity index is 2.40. The zero-order valence-electron chi connectivity index (χ0n) is 5.79. The Kier molecular flexibility index (Phi) is 2.53. The Morgan fingerprint density at radius 3 is 2.82 bits per heavy atom. The van der Waals surface area contributed by atoms with E-state index in [1.54, 1.807) is 6.08 Å². The number of carbonyl (C=O) groups is 2. The van der Waals surface area contributed by atoms with Crippen molar-refractivity contribution in [1.82, 2.24) is 10.6 Å². The van der Waals surface area contributed by atoms with Gasteiger partial charge in [0.05, 0.1) is 0 Å². The number of rotatable bonds is 3. The molecule has 1 aliphatic heterocycles. The highest BCUT2D eigenvalue weighted by Gasteiger charge is 2.28. The molecule has 0 saturated carbocycles. The van der Waals surface area contributed by atoms with Crippen LogP contribution in [0.3, 0.4) is 0 Å². The second-order valence-corrected chi connectivity index (χ2v) is 3.10. The highest BCUT2D eigenvalue weighted by atomic mass is 32.2. The lowest BCUT2D eigenvalue weighted by atomic mass is 10.6. The van der Waals surface area contributed by atoms with Crippen LogP contribution in [0.25, 0.3) is 0 Å². The van der Waals surface area contributed by atoms with E-state index in [1.165, 1.54) is 11.8 Å². The van der Waals surface area contributed by atoms with E-state index >= 15 is 0 Å². The summed E-state index contributed by atoms with van der Waals surface area (Å²) in [7, 11) is 0. The van der Waals surface area contributed by atoms with Crippen molar-refractivity contribution in [3.8, 4) is 0 Å². The van der Waals surface area contributed by atoms with Crippen LogP contribution in [0.4, 0.5) is 4.79 Å². The van der Waals surface area contributed by atoms with Crippen molar-refractivity contribution in [2.75, 3.05) is 5.75 Å². The standard InChI is InChI=1S/C6H8N2O2S/c1-2-3-11-5-4(9)7-6(10)8-5/h2,5H,1,3H2,(H2,7,8,9,10). The Hall–Kier alpha value is -0.970. The van der Waals surface area contributed by atoms with Crippen molar-refractivity contribution in [2.24, 2.45) is 0 Å². The summed E-state index contributed by atoms with van der Waals surface area (Å²) >= 11 is 1.33. The molecule has 1 aliphatic rings. The molecule has 11 heavy (non-hydrogen) atoms. The van der Waals surface area contributed by atoms with Gasteiger partial charge in [-0.15, -0.1) is 18.3 Å². The van der Waals surface area contributed by atoms with Gasteiger partial charge >= 0.3 is 6.03 Å². The summed E-state index contributed by atoms with van der Waals surface area (Å²) in [5.74, 6) is 0.375. The van der Waals surface area contributed by atoms with Crippen LogP contribution in [-0.2, 0) is 4.79 Å². The van der Waals surface area contributed by atoms with Gasteiger partial charge in [-0.1, -0.05) is 6.08 Å². The number of hydrogen-bond acceptors (Lipinski definition) is 3. The van der Waals surface area contributed by atoms with E-state index in [2.05, 4.69) is 17.2 Å². The quantitative estimate of drug-likeness (QED) is 0.468. The van der Waals surface area contributed by atoms with E-state index in [4.69, 9.17) is 0 Å². The van der Waals surface area contributed by atoms with Crippen molar-refractivity contribution in [3.63, 3.8) is 0 Å². The summed E-state index contributed by atoms with van der Waals surface area (Å²) in [5.41, 5.74) is 0. The van der Waals surface area contributed by atoms with Crippen molar-refractivity contribution in [1.29, 1.82) is 0 Å². The van der Waals surface area contributed by atoms with E-state index < -0.39 is 11.4 Å². The molecule has 2 N–H and O–H groups in total. The second kappa shape index (κ2) is 3.43. The molecule has 0 spiro atoms. The number of nitrogens with one attached hydrogen (secondary N) is 2. The number of imide groups is 1. The number of amides is 3. The van der Waals surface area contributed by atoms with Gasteiger partial charge < -0.3 is 5.32 Å². The van der Waals surface area contributed by atoms with Crippen molar-refractivity contribution in [3.05, 3.63) is 12.7 Å². The molecule has 3 amide bonds. The van der Waals surface area contributed by atoms with Crippen LogP contribution in [-0.4, -0.2) is 23.1 Å². The lowest BCUT2D eigenvalue weighted by Gasteiger charge is -2.02. The molecule has 4 nitrogen and oxygen atoms in total. The van der Waals surface area contributed by atoms with Crippen molar-refractivity contribution < 1.29 is 9.59 Å². The van der Waals surface area contributed by atoms with Crippen LogP contribution < -0.4 is 10.6 Å². The smallest absolute Gasteiger partial charge is 0.317 e. The van der Waals surface area contributed by atoms with Crippen LogP contribution in [0.1, 0.15) is 0 Å². The molecular weight excluding hydrogens is 164 g/mol. The molecule has 1 saturated heterocycles. The zero-order valence-corrected chi connectivity index (χ0v) is 6.61. The second-order valence-electron chi connectivity index (χ2n) is 1.96. The maximum absolute atomic E-state index is 10.8. The number of hydrogen-bond donors (Lipinski definition) is 2. The molecule has 0 bridgehead atoms. The topological polar surface area (TPSA) is 58.2 Å². The SMILES string of the molecule is C=CCSC1NC(=O)NC1=O. The third kappa shape index (κ3) is 1.98. The summed E-state index contributed by atoms with van der Waals surface area (Å²) in [6, 6.07) is -0.420. The molecule has 0 aromatic heterocycles. The summed E-state index contributed by atoms with van der Waals surface area (Å²) < 4.78 is 0. The third-order valence-corrected chi connectivity index (χ3v) is 2.21. The lowest BCUT2D eigenvalue weighted by molar-refractivity contribution is -0.118.